The second kappa shape index (κ2) is 6.05. The minimum Gasteiger partial charge on any atom is -0.303 e. The molecule has 0 bridgehead atoms. The first-order valence-corrected chi connectivity index (χ1v) is 6.30. The maximum Gasteiger partial charge on any atom is 0.159 e. The lowest BCUT2D eigenvalue weighted by atomic mass is 10.0. The van der Waals surface area contributed by atoms with E-state index >= 15 is 0 Å². The molecule has 0 fully saturated rings. The standard InChI is InChI=1S/C15H15F3N2/c1-9(2)20-15(14-6-4-11(16)8-19-14)10-3-5-12(17)13(18)7-10/h3-9,15,20H,1-2H3. The molecule has 5 heteroatoms. The lowest BCUT2D eigenvalue weighted by Crippen LogP contribution is -2.29. The lowest BCUT2D eigenvalue weighted by Gasteiger charge is -2.21. The van der Waals surface area contributed by atoms with Gasteiger partial charge in [-0.05, 0) is 43.7 Å². The van der Waals surface area contributed by atoms with Gasteiger partial charge in [0.15, 0.2) is 11.6 Å². The van der Waals surface area contributed by atoms with Crippen LogP contribution in [-0.2, 0) is 0 Å². The number of hydrogen-bond donors (Lipinski definition) is 1. The molecule has 0 aliphatic rings. The zero-order chi connectivity index (χ0) is 14.7. The Hall–Kier alpha value is -1.88. The third-order valence-corrected chi connectivity index (χ3v) is 2.82. The van der Waals surface area contributed by atoms with Gasteiger partial charge in [0, 0.05) is 6.04 Å². The largest absolute Gasteiger partial charge is 0.303 e. The molecule has 0 spiro atoms. The van der Waals surface area contributed by atoms with Gasteiger partial charge in [-0.25, -0.2) is 13.2 Å². The van der Waals surface area contributed by atoms with Crippen molar-refractivity contribution in [1.82, 2.24) is 10.3 Å². The van der Waals surface area contributed by atoms with E-state index in [1.165, 1.54) is 18.2 Å². The highest BCUT2D eigenvalue weighted by molar-refractivity contribution is 5.29. The third-order valence-electron chi connectivity index (χ3n) is 2.82. The van der Waals surface area contributed by atoms with E-state index in [9.17, 15) is 13.2 Å². The quantitative estimate of drug-likeness (QED) is 0.925. The molecule has 0 aliphatic carbocycles. The summed E-state index contributed by atoms with van der Waals surface area (Å²) in [7, 11) is 0. The summed E-state index contributed by atoms with van der Waals surface area (Å²) in [6.07, 6.45) is 1.10. The van der Waals surface area contributed by atoms with Gasteiger partial charge in [0.25, 0.3) is 0 Å². The molecule has 0 aliphatic heterocycles. The van der Waals surface area contributed by atoms with Gasteiger partial charge in [0.2, 0.25) is 0 Å². The van der Waals surface area contributed by atoms with Gasteiger partial charge >= 0.3 is 0 Å². The third kappa shape index (κ3) is 3.36. The van der Waals surface area contributed by atoms with Crippen LogP contribution in [0.15, 0.2) is 36.5 Å². The Kier molecular flexibility index (Phi) is 4.39. The van der Waals surface area contributed by atoms with Gasteiger partial charge in [-0.3, -0.25) is 4.98 Å². The van der Waals surface area contributed by atoms with E-state index in [0.717, 1.165) is 18.3 Å². The molecule has 2 aromatic rings. The Labute approximate surface area is 115 Å². The van der Waals surface area contributed by atoms with Crippen molar-refractivity contribution in [2.45, 2.75) is 25.9 Å². The number of nitrogens with one attached hydrogen (secondary N) is 1. The maximum atomic E-state index is 13.4. The predicted molar refractivity (Wildman–Crippen MR) is 70.7 cm³/mol. The van der Waals surface area contributed by atoms with Crippen molar-refractivity contribution in [2.75, 3.05) is 0 Å². The number of halogens is 3. The van der Waals surface area contributed by atoms with Crippen LogP contribution in [-0.4, -0.2) is 11.0 Å². The molecule has 0 saturated carbocycles. The van der Waals surface area contributed by atoms with Crippen LogP contribution in [0, 0.1) is 17.5 Å². The molecular formula is C15H15F3N2. The van der Waals surface area contributed by atoms with Gasteiger partial charge in [0.05, 0.1) is 17.9 Å². The SMILES string of the molecule is CC(C)NC(c1ccc(F)c(F)c1)c1ccc(F)cn1. The summed E-state index contributed by atoms with van der Waals surface area (Å²) < 4.78 is 39.3. The van der Waals surface area contributed by atoms with Gasteiger partial charge < -0.3 is 5.32 Å². The Bertz CT molecular complexity index is 582. The van der Waals surface area contributed by atoms with Crippen LogP contribution >= 0.6 is 0 Å². The molecule has 1 atom stereocenters. The van der Waals surface area contributed by atoms with Crippen molar-refractivity contribution >= 4 is 0 Å². The molecule has 106 valence electrons. The van der Waals surface area contributed by atoms with Crippen LogP contribution < -0.4 is 5.32 Å². The van der Waals surface area contributed by atoms with Gasteiger partial charge in [-0.15, -0.1) is 0 Å². The molecule has 1 N–H and O–H groups in total. The highest BCUT2D eigenvalue weighted by atomic mass is 19.2. The summed E-state index contributed by atoms with van der Waals surface area (Å²) >= 11 is 0. The maximum absolute atomic E-state index is 13.4. The second-order valence-corrected chi connectivity index (χ2v) is 4.83. The minimum atomic E-state index is -0.917. The summed E-state index contributed by atoms with van der Waals surface area (Å²) in [6, 6.07) is 6.17. The predicted octanol–water partition coefficient (Wildman–Crippen LogP) is 3.59. The fourth-order valence-electron chi connectivity index (χ4n) is 1.94. The van der Waals surface area contributed by atoms with E-state index in [-0.39, 0.29) is 6.04 Å². The van der Waals surface area contributed by atoms with Crippen LogP contribution in [0.1, 0.15) is 31.1 Å². The highest BCUT2D eigenvalue weighted by Crippen LogP contribution is 2.23. The molecule has 2 nitrogen and oxygen atoms in total. The van der Waals surface area contributed by atoms with E-state index < -0.39 is 23.5 Å². The first-order valence-electron chi connectivity index (χ1n) is 6.30. The van der Waals surface area contributed by atoms with E-state index in [2.05, 4.69) is 10.3 Å². The molecule has 1 unspecified atom stereocenters. The molecule has 2 rings (SSSR count). The second-order valence-electron chi connectivity index (χ2n) is 4.83. The number of aromatic nitrogens is 1. The monoisotopic (exact) mass is 280 g/mol. The molecule has 1 aromatic heterocycles. The Balaban J connectivity index is 2.41. The number of rotatable bonds is 4. The van der Waals surface area contributed by atoms with E-state index in [1.807, 2.05) is 13.8 Å². The van der Waals surface area contributed by atoms with Crippen molar-refractivity contribution < 1.29 is 13.2 Å². The van der Waals surface area contributed by atoms with E-state index in [0.29, 0.717) is 11.3 Å². The Morgan fingerprint density at radius 2 is 1.75 bits per heavy atom. The average molecular weight is 280 g/mol. The Morgan fingerprint density at radius 3 is 2.30 bits per heavy atom. The normalized spacial score (nSPS) is 12.7. The molecule has 1 aromatic carbocycles. The molecular weight excluding hydrogens is 265 g/mol. The summed E-state index contributed by atoms with van der Waals surface area (Å²) in [5.74, 6) is -2.26. The molecule has 0 radical (unpaired) electrons. The van der Waals surface area contributed by atoms with Crippen LogP contribution in [0.5, 0.6) is 0 Å². The fourth-order valence-corrected chi connectivity index (χ4v) is 1.94. The average Bonchev–Trinajstić information content (AvgIpc) is 2.40. The number of pyridine rings is 1. The van der Waals surface area contributed by atoms with Crippen LogP contribution in [0.2, 0.25) is 0 Å². The summed E-state index contributed by atoms with van der Waals surface area (Å²) in [4.78, 5) is 4.01. The van der Waals surface area contributed by atoms with Gasteiger partial charge in [0.1, 0.15) is 5.82 Å². The van der Waals surface area contributed by atoms with Crippen molar-refractivity contribution in [1.29, 1.82) is 0 Å². The topological polar surface area (TPSA) is 24.9 Å². The van der Waals surface area contributed by atoms with Crippen LogP contribution in [0.25, 0.3) is 0 Å². The summed E-state index contributed by atoms with van der Waals surface area (Å²) in [6.45, 7) is 3.85. The highest BCUT2D eigenvalue weighted by Gasteiger charge is 2.18. The van der Waals surface area contributed by atoms with Gasteiger partial charge in [-0.1, -0.05) is 6.07 Å². The number of benzene rings is 1. The first kappa shape index (κ1) is 14.5. The zero-order valence-corrected chi connectivity index (χ0v) is 11.2. The first-order chi connectivity index (χ1) is 9.47. The summed E-state index contributed by atoms with van der Waals surface area (Å²) in [5.41, 5.74) is 1.09. The van der Waals surface area contributed by atoms with Crippen LogP contribution in [0.3, 0.4) is 0 Å². The lowest BCUT2D eigenvalue weighted by molar-refractivity contribution is 0.492. The van der Waals surface area contributed by atoms with Gasteiger partial charge in [-0.2, -0.15) is 0 Å². The molecule has 0 amide bonds. The number of hydrogen-bond acceptors (Lipinski definition) is 2. The zero-order valence-electron chi connectivity index (χ0n) is 11.2. The fraction of sp³-hybridized carbons (Fsp3) is 0.267. The molecule has 20 heavy (non-hydrogen) atoms. The van der Waals surface area contributed by atoms with Crippen molar-refractivity contribution in [3.63, 3.8) is 0 Å². The molecule has 0 saturated heterocycles. The van der Waals surface area contributed by atoms with E-state index in [4.69, 9.17) is 0 Å². The van der Waals surface area contributed by atoms with Crippen molar-refractivity contribution in [3.8, 4) is 0 Å². The number of nitrogens with zero attached hydrogens (tertiary/aromatic N) is 1. The minimum absolute atomic E-state index is 0.0972. The summed E-state index contributed by atoms with van der Waals surface area (Å²) in [5, 5.41) is 3.20. The van der Waals surface area contributed by atoms with E-state index in [1.54, 1.807) is 0 Å². The Morgan fingerprint density at radius 1 is 1.00 bits per heavy atom. The van der Waals surface area contributed by atoms with Crippen LogP contribution in [0.4, 0.5) is 13.2 Å². The van der Waals surface area contributed by atoms with Crippen molar-refractivity contribution in [3.05, 3.63) is 65.2 Å². The van der Waals surface area contributed by atoms with Crippen molar-refractivity contribution in [2.24, 2.45) is 0 Å². The smallest absolute Gasteiger partial charge is 0.159 e. The molecule has 1 heterocycles.